The van der Waals surface area contributed by atoms with Gasteiger partial charge < -0.3 is 5.32 Å². The van der Waals surface area contributed by atoms with Gasteiger partial charge in [-0.2, -0.15) is 13.2 Å². The average Bonchev–Trinajstić information content (AvgIpc) is 2.44. The number of hydrogen-bond acceptors (Lipinski definition) is 1. The van der Waals surface area contributed by atoms with E-state index in [2.05, 4.69) is 17.4 Å². The number of benzene rings is 1. The number of rotatable bonds is 5. The van der Waals surface area contributed by atoms with E-state index in [1.54, 1.807) is 0 Å². The summed E-state index contributed by atoms with van der Waals surface area (Å²) in [6, 6.07) is 9.67. The van der Waals surface area contributed by atoms with Crippen molar-refractivity contribution in [3.63, 3.8) is 0 Å². The molecule has 20 heavy (non-hydrogen) atoms. The third-order valence-electron chi connectivity index (χ3n) is 4.08. The Balaban J connectivity index is 1.74. The zero-order chi connectivity index (χ0) is 14.4. The molecule has 0 aromatic heterocycles. The van der Waals surface area contributed by atoms with E-state index >= 15 is 0 Å². The Morgan fingerprint density at radius 1 is 1.05 bits per heavy atom. The van der Waals surface area contributed by atoms with Crippen LogP contribution in [-0.2, 0) is 6.42 Å². The number of alkyl halides is 3. The minimum atomic E-state index is -4.06. The maximum atomic E-state index is 12.9. The zero-order valence-electron chi connectivity index (χ0n) is 11.6. The molecule has 2 rings (SSSR count). The highest BCUT2D eigenvalue weighted by molar-refractivity contribution is 5.14. The largest absolute Gasteiger partial charge is 0.393 e. The molecule has 1 aliphatic carbocycles. The summed E-state index contributed by atoms with van der Waals surface area (Å²) in [5, 5.41) is 3.13. The summed E-state index contributed by atoms with van der Waals surface area (Å²) in [5.74, 6) is -1.16. The standard InChI is InChI=1S/C16H22F3N/c17-16(18,19)14-10-4-5-11-15(14)20-12-6-9-13-7-2-1-3-8-13/h1-3,7-8,14-15,20H,4-6,9-12H2. The van der Waals surface area contributed by atoms with E-state index in [1.807, 2.05) is 18.2 Å². The molecule has 1 aromatic carbocycles. The van der Waals surface area contributed by atoms with Crippen molar-refractivity contribution >= 4 is 0 Å². The molecule has 0 radical (unpaired) electrons. The topological polar surface area (TPSA) is 12.0 Å². The molecule has 1 aliphatic rings. The first-order valence-electron chi connectivity index (χ1n) is 7.41. The number of nitrogens with one attached hydrogen (secondary N) is 1. The van der Waals surface area contributed by atoms with Crippen molar-refractivity contribution in [2.24, 2.45) is 5.92 Å². The third kappa shape index (κ3) is 4.51. The molecular formula is C16H22F3N. The van der Waals surface area contributed by atoms with Crippen molar-refractivity contribution in [1.29, 1.82) is 0 Å². The molecule has 0 heterocycles. The zero-order valence-corrected chi connectivity index (χ0v) is 11.6. The lowest BCUT2D eigenvalue weighted by molar-refractivity contribution is -0.188. The van der Waals surface area contributed by atoms with E-state index in [9.17, 15) is 13.2 Å². The van der Waals surface area contributed by atoms with Crippen LogP contribution in [0.15, 0.2) is 30.3 Å². The van der Waals surface area contributed by atoms with Crippen LogP contribution in [-0.4, -0.2) is 18.8 Å². The first-order valence-corrected chi connectivity index (χ1v) is 7.41. The van der Waals surface area contributed by atoms with Gasteiger partial charge in [0, 0.05) is 6.04 Å². The summed E-state index contributed by atoms with van der Waals surface area (Å²) >= 11 is 0. The maximum Gasteiger partial charge on any atom is 0.393 e. The van der Waals surface area contributed by atoms with Gasteiger partial charge in [0.2, 0.25) is 0 Å². The Hall–Kier alpha value is -1.03. The van der Waals surface area contributed by atoms with Gasteiger partial charge in [0.25, 0.3) is 0 Å². The summed E-state index contributed by atoms with van der Waals surface area (Å²) in [5.41, 5.74) is 1.24. The van der Waals surface area contributed by atoms with Crippen LogP contribution in [0.1, 0.15) is 37.7 Å². The fourth-order valence-electron chi connectivity index (χ4n) is 2.99. The maximum absolute atomic E-state index is 12.9. The predicted molar refractivity (Wildman–Crippen MR) is 74.6 cm³/mol. The lowest BCUT2D eigenvalue weighted by Crippen LogP contribution is -2.45. The van der Waals surface area contributed by atoms with E-state index in [0.717, 1.165) is 19.3 Å². The van der Waals surface area contributed by atoms with Gasteiger partial charge in [-0.15, -0.1) is 0 Å². The molecule has 1 fully saturated rings. The molecule has 2 atom stereocenters. The van der Waals surface area contributed by atoms with Gasteiger partial charge in [-0.25, -0.2) is 0 Å². The minimum absolute atomic E-state index is 0.278. The second-order valence-corrected chi connectivity index (χ2v) is 5.58. The van der Waals surface area contributed by atoms with Gasteiger partial charge >= 0.3 is 6.18 Å². The third-order valence-corrected chi connectivity index (χ3v) is 4.08. The van der Waals surface area contributed by atoms with Crippen molar-refractivity contribution in [3.8, 4) is 0 Å². The second kappa shape index (κ2) is 7.11. The van der Waals surface area contributed by atoms with Crippen LogP contribution < -0.4 is 5.32 Å². The molecule has 112 valence electrons. The van der Waals surface area contributed by atoms with Gasteiger partial charge in [-0.1, -0.05) is 43.2 Å². The van der Waals surface area contributed by atoms with Crippen LogP contribution in [0.25, 0.3) is 0 Å². The number of hydrogen-bond donors (Lipinski definition) is 1. The van der Waals surface area contributed by atoms with Crippen LogP contribution in [0.4, 0.5) is 13.2 Å². The normalized spacial score (nSPS) is 23.8. The lowest BCUT2D eigenvalue weighted by atomic mass is 9.84. The molecule has 4 heteroatoms. The van der Waals surface area contributed by atoms with Crippen LogP contribution in [0.2, 0.25) is 0 Å². The summed E-state index contributed by atoms with van der Waals surface area (Å²) in [6.07, 6.45) is 0.268. The van der Waals surface area contributed by atoms with Gasteiger partial charge in [-0.05, 0) is 37.8 Å². The first-order chi connectivity index (χ1) is 9.57. The predicted octanol–water partition coefficient (Wildman–Crippen LogP) is 4.33. The molecule has 1 N–H and O–H groups in total. The van der Waals surface area contributed by atoms with Crippen LogP contribution in [0.5, 0.6) is 0 Å². The molecule has 0 saturated heterocycles. The quantitative estimate of drug-likeness (QED) is 0.794. The summed E-state index contributed by atoms with van der Waals surface area (Å²) in [6.45, 7) is 0.659. The highest BCUT2D eigenvalue weighted by atomic mass is 19.4. The Kier molecular flexibility index (Phi) is 5.46. The molecule has 2 unspecified atom stereocenters. The first kappa shape index (κ1) is 15.4. The molecule has 0 spiro atoms. The van der Waals surface area contributed by atoms with Crippen LogP contribution in [0.3, 0.4) is 0 Å². The summed E-state index contributed by atoms with van der Waals surface area (Å²) < 4.78 is 38.8. The van der Waals surface area contributed by atoms with Crippen molar-refractivity contribution in [1.82, 2.24) is 5.32 Å². The van der Waals surface area contributed by atoms with E-state index in [-0.39, 0.29) is 12.5 Å². The minimum Gasteiger partial charge on any atom is -0.313 e. The van der Waals surface area contributed by atoms with Gasteiger partial charge in [0.1, 0.15) is 0 Å². The molecule has 1 nitrogen and oxygen atoms in total. The van der Waals surface area contributed by atoms with Gasteiger partial charge in [-0.3, -0.25) is 0 Å². The second-order valence-electron chi connectivity index (χ2n) is 5.58. The number of halogens is 3. The monoisotopic (exact) mass is 285 g/mol. The molecule has 1 saturated carbocycles. The van der Waals surface area contributed by atoms with E-state index in [0.29, 0.717) is 19.4 Å². The molecule has 0 aliphatic heterocycles. The highest BCUT2D eigenvalue weighted by Gasteiger charge is 2.45. The average molecular weight is 285 g/mol. The fraction of sp³-hybridized carbons (Fsp3) is 0.625. The molecule has 1 aromatic rings. The van der Waals surface area contributed by atoms with Gasteiger partial charge in [0.15, 0.2) is 0 Å². The van der Waals surface area contributed by atoms with Crippen molar-refractivity contribution in [2.75, 3.05) is 6.54 Å². The Labute approximate surface area is 118 Å². The van der Waals surface area contributed by atoms with E-state index < -0.39 is 12.1 Å². The highest BCUT2D eigenvalue weighted by Crippen LogP contribution is 2.37. The Bertz CT molecular complexity index is 388. The van der Waals surface area contributed by atoms with E-state index in [1.165, 1.54) is 5.56 Å². The summed E-state index contributed by atoms with van der Waals surface area (Å²) in [4.78, 5) is 0. The Morgan fingerprint density at radius 2 is 1.75 bits per heavy atom. The SMILES string of the molecule is FC(F)(F)C1CCCCC1NCCCc1ccccc1. The fourth-order valence-corrected chi connectivity index (χ4v) is 2.99. The van der Waals surface area contributed by atoms with Crippen molar-refractivity contribution in [2.45, 2.75) is 50.7 Å². The van der Waals surface area contributed by atoms with Crippen LogP contribution in [0, 0.1) is 5.92 Å². The smallest absolute Gasteiger partial charge is 0.313 e. The molecule has 0 amide bonds. The van der Waals surface area contributed by atoms with Crippen molar-refractivity contribution in [3.05, 3.63) is 35.9 Å². The van der Waals surface area contributed by atoms with Crippen LogP contribution >= 0.6 is 0 Å². The number of aryl methyl sites for hydroxylation is 1. The summed E-state index contributed by atoms with van der Waals surface area (Å²) in [7, 11) is 0. The van der Waals surface area contributed by atoms with Gasteiger partial charge in [0.05, 0.1) is 5.92 Å². The molecular weight excluding hydrogens is 263 g/mol. The molecule has 0 bridgehead atoms. The Morgan fingerprint density at radius 3 is 2.45 bits per heavy atom. The van der Waals surface area contributed by atoms with Crippen molar-refractivity contribution < 1.29 is 13.2 Å². The lowest BCUT2D eigenvalue weighted by Gasteiger charge is -2.33. The van der Waals surface area contributed by atoms with E-state index in [4.69, 9.17) is 0 Å².